The number of hydrogen-bond donors (Lipinski definition) is 1. The quantitative estimate of drug-likeness (QED) is 0.525. The average molecular weight is 174 g/mol. The Balaban J connectivity index is 3.00. The second-order valence-electron chi connectivity index (χ2n) is 4.07. The van der Waals surface area contributed by atoms with Crippen LogP contribution in [0.3, 0.4) is 0 Å². The van der Waals surface area contributed by atoms with Gasteiger partial charge in [0.1, 0.15) is 0 Å². The largest absolute Gasteiger partial charge is 0.293 e. The van der Waals surface area contributed by atoms with Crippen molar-refractivity contribution in [2.24, 2.45) is 0 Å². The summed E-state index contributed by atoms with van der Waals surface area (Å²) in [5.41, 5.74) is 2.22. The van der Waals surface area contributed by atoms with Gasteiger partial charge in [0.25, 0.3) is 0 Å². The highest BCUT2D eigenvalue weighted by atomic mass is 14.9. The van der Waals surface area contributed by atoms with E-state index in [1.54, 1.807) is 0 Å². The molecular weight excluding hydrogens is 160 g/mol. The highest BCUT2D eigenvalue weighted by molar-refractivity contribution is 5.49. The molecule has 0 radical (unpaired) electrons. The minimum Gasteiger partial charge on any atom is -0.293 e. The summed E-state index contributed by atoms with van der Waals surface area (Å²) in [5.74, 6) is 0. The van der Waals surface area contributed by atoms with Gasteiger partial charge >= 0.3 is 0 Å². The third kappa shape index (κ3) is 2.48. The molecule has 0 heterocycles. The van der Waals surface area contributed by atoms with Crippen LogP contribution in [0.5, 0.6) is 0 Å². The second-order valence-corrected chi connectivity index (χ2v) is 4.07. The standard InChI is InChI=1S/C11H14N2/c1-11(2,3)9-5-4-6-10(7-9)13-8-12/h4-7,13H,1-3H3. The molecule has 0 unspecified atom stereocenters. The Labute approximate surface area is 79.2 Å². The first kappa shape index (κ1) is 9.60. The van der Waals surface area contributed by atoms with Crippen LogP contribution in [0.1, 0.15) is 26.3 Å². The van der Waals surface area contributed by atoms with Crippen molar-refractivity contribution in [2.45, 2.75) is 26.2 Å². The summed E-state index contributed by atoms with van der Waals surface area (Å²) in [5, 5.41) is 11.1. The maximum Gasteiger partial charge on any atom is 0.181 e. The molecule has 0 spiro atoms. The Hall–Kier alpha value is -1.49. The van der Waals surface area contributed by atoms with Crippen LogP contribution < -0.4 is 5.32 Å². The normalized spacial score (nSPS) is 10.6. The molecule has 68 valence electrons. The summed E-state index contributed by atoms with van der Waals surface area (Å²) >= 11 is 0. The summed E-state index contributed by atoms with van der Waals surface area (Å²) in [6, 6.07) is 7.92. The van der Waals surface area contributed by atoms with E-state index in [1.165, 1.54) is 5.56 Å². The third-order valence-electron chi connectivity index (χ3n) is 1.93. The molecule has 0 bridgehead atoms. The molecule has 13 heavy (non-hydrogen) atoms. The van der Waals surface area contributed by atoms with Crippen LogP contribution in [0.15, 0.2) is 24.3 Å². The SMILES string of the molecule is CC(C)(C)c1cccc(NC#N)c1. The molecule has 1 rings (SSSR count). The number of hydrogen-bond acceptors (Lipinski definition) is 2. The number of benzene rings is 1. The Bertz CT molecular complexity index is 329. The van der Waals surface area contributed by atoms with Crippen molar-refractivity contribution in [3.8, 4) is 6.19 Å². The fourth-order valence-electron chi connectivity index (χ4n) is 1.13. The molecule has 0 aliphatic rings. The van der Waals surface area contributed by atoms with Gasteiger partial charge in [0.15, 0.2) is 6.19 Å². The predicted molar refractivity (Wildman–Crippen MR) is 54.4 cm³/mol. The minimum atomic E-state index is 0.132. The lowest BCUT2D eigenvalue weighted by Gasteiger charge is -2.19. The third-order valence-corrected chi connectivity index (χ3v) is 1.93. The van der Waals surface area contributed by atoms with Gasteiger partial charge in [0.2, 0.25) is 0 Å². The van der Waals surface area contributed by atoms with Crippen LogP contribution in [0, 0.1) is 11.5 Å². The fraction of sp³-hybridized carbons (Fsp3) is 0.364. The van der Waals surface area contributed by atoms with Crippen molar-refractivity contribution in [3.63, 3.8) is 0 Å². The summed E-state index contributed by atoms with van der Waals surface area (Å²) in [6.07, 6.45) is 1.91. The van der Waals surface area contributed by atoms with Gasteiger partial charge in [-0.2, -0.15) is 5.26 Å². The van der Waals surface area contributed by atoms with Gasteiger partial charge in [-0.1, -0.05) is 32.9 Å². The van der Waals surface area contributed by atoms with Gasteiger partial charge in [-0.25, -0.2) is 0 Å². The fourth-order valence-corrected chi connectivity index (χ4v) is 1.13. The van der Waals surface area contributed by atoms with Crippen molar-refractivity contribution in [3.05, 3.63) is 29.8 Å². The van der Waals surface area contributed by atoms with Gasteiger partial charge in [0.05, 0.1) is 0 Å². The van der Waals surface area contributed by atoms with Crippen LogP contribution in [-0.4, -0.2) is 0 Å². The molecule has 0 fully saturated rings. The maximum absolute atomic E-state index is 8.45. The van der Waals surface area contributed by atoms with E-state index in [0.717, 1.165) is 5.69 Å². The van der Waals surface area contributed by atoms with Crippen LogP contribution in [0.4, 0.5) is 5.69 Å². The molecule has 0 aliphatic heterocycles. The van der Waals surface area contributed by atoms with Crippen LogP contribution in [0.25, 0.3) is 0 Å². The molecule has 0 aromatic heterocycles. The number of nitriles is 1. The minimum absolute atomic E-state index is 0.132. The molecule has 1 aromatic rings. The number of nitrogens with zero attached hydrogens (tertiary/aromatic N) is 1. The number of nitrogens with one attached hydrogen (secondary N) is 1. The van der Waals surface area contributed by atoms with Gasteiger partial charge in [-0.3, -0.25) is 5.32 Å². The van der Waals surface area contributed by atoms with Crippen molar-refractivity contribution in [1.82, 2.24) is 0 Å². The predicted octanol–water partition coefficient (Wildman–Crippen LogP) is 2.88. The Morgan fingerprint density at radius 3 is 2.54 bits per heavy atom. The Morgan fingerprint density at radius 2 is 2.00 bits per heavy atom. The molecule has 0 amide bonds. The summed E-state index contributed by atoms with van der Waals surface area (Å²) in [7, 11) is 0. The van der Waals surface area contributed by atoms with Gasteiger partial charge in [-0.05, 0) is 23.1 Å². The zero-order chi connectivity index (χ0) is 9.90. The van der Waals surface area contributed by atoms with E-state index in [2.05, 4.69) is 32.2 Å². The zero-order valence-corrected chi connectivity index (χ0v) is 8.26. The first-order chi connectivity index (χ1) is 6.04. The molecule has 0 saturated heterocycles. The van der Waals surface area contributed by atoms with Crippen molar-refractivity contribution in [1.29, 1.82) is 5.26 Å². The molecular formula is C11H14N2. The molecule has 0 atom stereocenters. The Morgan fingerprint density at radius 1 is 1.31 bits per heavy atom. The summed E-state index contributed by atoms with van der Waals surface area (Å²) < 4.78 is 0. The molecule has 0 aliphatic carbocycles. The van der Waals surface area contributed by atoms with E-state index < -0.39 is 0 Å². The summed E-state index contributed by atoms with van der Waals surface area (Å²) in [6.45, 7) is 6.45. The lowest BCUT2D eigenvalue weighted by Crippen LogP contribution is -2.10. The van der Waals surface area contributed by atoms with Crippen molar-refractivity contribution in [2.75, 3.05) is 5.32 Å². The molecule has 1 N–H and O–H groups in total. The second kappa shape index (κ2) is 3.49. The van der Waals surface area contributed by atoms with E-state index in [1.807, 2.05) is 24.4 Å². The van der Waals surface area contributed by atoms with Crippen molar-refractivity contribution < 1.29 is 0 Å². The lowest BCUT2D eigenvalue weighted by molar-refractivity contribution is 0.590. The van der Waals surface area contributed by atoms with Crippen LogP contribution in [-0.2, 0) is 5.41 Å². The van der Waals surface area contributed by atoms with E-state index in [0.29, 0.717) is 0 Å². The monoisotopic (exact) mass is 174 g/mol. The summed E-state index contributed by atoms with van der Waals surface area (Å²) in [4.78, 5) is 0. The molecule has 0 saturated carbocycles. The van der Waals surface area contributed by atoms with E-state index >= 15 is 0 Å². The zero-order valence-electron chi connectivity index (χ0n) is 8.26. The van der Waals surface area contributed by atoms with Gasteiger partial charge in [-0.15, -0.1) is 0 Å². The molecule has 2 nitrogen and oxygen atoms in total. The first-order valence-corrected chi connectivity index (χ1v) is 4.29. The average Bonchev–Trinajstić information content (AvgIpc) is 2.04. The van der Waals surface area contributed by atoms with E-state index in [-0.39, 0.29) is 5.41 Å². The van der Waals surface area contributed by atoms with Crippen LogP contribution in [0.2, 0.25) is 0 Å². The first-order valence-electron chi connectivity index (χ1n) is 4.29. The highest BCUT2D eigenvalue weighted by Gasteiger charge is 2.13. The van der Waals surface area contributed by atoms with Crippen molar-refractivity contribution >= 4 is 5.69 Å². The van der Waals surface area contributed by atoms with E-state index in [9.17, 15) is 0 Å². The van der Waals surface area contributed by atoms with E-state index in [4.69, 9.17) is 5.26 Å². The number of anilines is 1. The lowest BCUT2D eigenvalue weighted by atomic mass is 9.87. The Kier molecular flexibility index (Phi) is 2.57. The van der Waals surface area contributed by atoms with Crippen LogP contribution >= 0.6 is 0 Å². The number of rotatable bonds is 1. The smallest absolute Gasteiger partial charge is 0.181 e. The molecule has 2 heteroatoms. The van der Waals surface area contributed by atoms with Gasteiger partial charge < -0.3 is 0 Å². The maximum atomic E-state index is 8.45. The highest BCUT2D eigenvalue weighted by Crippen LogP contribution is 2.24. The molecule has 1 aromatic carbocycles. The topological polar surface area (TPSA) is 35.8 Å². The van der Waals surface area contributed by atoms with Gasteiger partial charge in [0, 0.05) is 5.69 Å².